The van der Waals surface area contributed by atoms with Gasteiger partial charge in [0.2, 0.25) is 0 Å². The lowest BCUT2D eigenvalue weighted by molar-refractivity contribution is 0.0703. The number of rotatable bonds is 8. The second-order valence-electron chi connectivity index (χ2n) is 3.89. The van der Waals surface area contributed by atoms with Crippen molar-refractivity contribution in [2.75, 3.05) is 19.8 Å². The Morgan fingerprint density at radius 1 is 0.947 bits per heavy atom. The quantitative estimate of drug-likeness (QED) is 0.394. The molecule has 108 valence electrons. The van der Waals surface area contributed by atoms with Crippen LogP contribution in [0.5, 0.6) is 0 Å². The van der Waals surface area contributed by atoms with Crippen LogP contribution in [0.15, 0.2) is 18.2 Å². The van der Waals surface area contributed by atoms with Crippen molar-refractivity contribution < 1.29 is 13.3 Å². The summed E-state index contributed by atoms with van der Waals surface area (Å²) in [4.78, 5) is 0. The average molecular weight is 506 g/mol. The van der Waals surface area contributed by atoms with Crippen LogP contribution in [0.2, 0.25) is 0 Å². The van der Waals surface area contributed by atoms with Crippen LogP contribution in [-0.4, -0.2) is 28.6 Å². The van der Waals surface area contributed by atoms with Crippen molar-refractivity contribution in [2.24, 2.45) is 0 Å². The van der Waals surface area contributed by atoms with Crippen LogP contribution in [0, 0.1) is 7.14 Å². The molecule has 0 aliphatic heterocycles. The monoisotopic (exact) mass is 506 g/mol. The van der Waals surface area contributed by atoms with Crippen LogP contribution >= 0.6 is 45.2 Å². The Morgan fingerprint density at radius 3 is 1.89 bits per heavy atom. The lowest BCUT2D eigenvalue weighted by Gasteiger charge is -2.28. The van der Waals surface area contributed by atoms with E-state index in [1.54, 1.807) is 0 Å². The van der Waals surface area contributed by atoms with Gasteiger partial charge < -0.3 is 13.3 Å². The molecule has 0 unspecified atom stereocenters. The van der Waals surface area contributed by atoms with Gasteiger partial charge in [0.25, 0.3) is 0 Å². The molecule has 1 aromatic carbocycles. The number of benzene rings is 1. The van der Waals surface area contributed by atoms with E-state index in [2.05, 4.69) is 63.4 Å². The van der Waals surface area contributed by atoms with Gasteiger partial charge in [-0.05, 0) is 83.6 Å². The molecule has 19 heavy (non-hydrogen) atoms. The van der Waals surface area contributed by atoms with Crippen LogP contribution in [0.4, 0.5) is 0 Å². The van der Waals surface area contributed by atoms with Crippen molar-refractivity contribution in [3.05, 3.63) is 30.9 Å². The zero-order valence-electron chi connectivity index (χ0n) is 11.5. The Kier molecular flexibility index (Phi) is 8.38. The highest BCUT2D eigenvalue weighted by Crippen LogP contribution is 2.22. The minimum absolute atomic E-state index is 0.618. The molecule has 0 aliphatic rings. The lowest BCUT2D eigenvalue weighted by Crippen LogP contribution is -2.48. The first-order chi connectivity index (χ1) is 9.06. The predicted octanol–water partition coefficient (Wildman–Crippen LogP) is 4.03. The maximum Gasteiger partial charge on any atom is 0.505 e. The van der Waals surface area contributed by atoms with E-state index in [0.29, 0.717) is 19.8 Å². The Hall–Kier alpha value is 0.777. The van der Waals surface area contributed by atoms with Gasteiger partial charge in [0.15, 0.2) is 0 Å². The van der Waals surface area contributed by atoms with Crippen molar-refractivity contribution in [3.8, 4) is 0 Å². The van der Waals surface area contributed by atoms with E-state index in [-0.39, 0.29) is 0 Å². The van der Waals surface area contributed by atoms with E-state index in [9.17, 15) is 0 Å². The summed E-state index contributed by atoms with van der Waals surface area (Å²) >= 11 is 4.68. The van der Waals surface area contributed by atoms with Crippen LogP contribution in [0.25, 0.3) is 0 Å². The van der Waals surface area contributed by atoms with Gasteiger partial charge in [-0.25, -0.2) is 0 Å². The van der Waals surface area contributed by atoms with E-state index < -0.39 is 8.80 Å². The fraction of sp³-hybridized carbons (Fsp3) is 0.538. The molecule has 0 spiro atoms. The zero-order valence-corrected chi connectivity index (χ0v) is 16.9. The summed E-state index contributed by atoms with van der Waals surface area (Å²) in [5, 5.41) is 0. The molecule has 0 saturated carbocycles. The summed E-state index contributed by atoms with van der Waals surface area (Å²) < 4.78 is 20.1. The van der Waals surface area contributed by atoms with Gasteiger partial charge in [-0.3, -0.25) is 0 Å². The van der Waals surface area contributed by atoms with Crippen molar-refractivity contribution in [1.29, 1.82) is 0 Å². The third-order valence-electron chi connectivity index (χ3n) is 2.51. The second kappa shape index (κ2) is 8.93. The van der Waals surface area contributed by atoms with Crippen LogP contribution in [-0.2, 0) is 19.3 Å². The first kappa shape index (κ1) is 17.8. The SMILES string of the molecule is CCO[Si](Cc1ccc(I)cc1I)(OCC)OCC. The second-order valence-corrected chi connectivity index (χ2v) is 8.89. The summed E-state index contributed by atoms with van der Waals surface area (Å²) in [7, 11) is -2.59. The minimum Gasteiger partial charge on any atom is -0.374 e. The Balaban J connectivity index is 2.97. The van der Waals surface area contributed by atoms with Gasteiger partial charge in [0.1, 0.15) is 0 Å². The topological polar surface area (TPSA) is 27.7 Å². The summed E-state index contributed by atoms with van der Waals surface area (Å²) in [6.07, 6.45) is 0. The van der Waals surface area contributed by atoms with Crippen molar-refractivity contribution in [3.63, 3.8) is 0 Å². The van der Waals surface area contributed by atoms with Crippen LogP contribution < -0.4 is 0 Å². The molecular formula is C13H20I2O3Si. The molecule has 1 rings (SSSR count). The Morgan fingerprint density at radius 2 is 1.47 bits per heavy atom. The van der Waals surface area contributed by atoms with E-state index >= 15 is 0 Å². The van der Waals surface area contributed by atoms with Gasteiger partial charge in [0, 0.05) is 33.0 Å². The number of halogens is 2. The Bertz CT molecular complexity index is 384. The summed E-state index contributed by atoms with van der Waals surface area (Å²) in [6, 6.07) is 7.15. The molecule has 6 heteroatoms. The minimum atomic E-state index is -2.59. The normalized spacial score (nSPS) is 11.8. The largest absolute Gasteiger partial charge is 0.505 e. The highest BCUT2D eigenvalue weighted by atomic mass is 127. The number of hydrogen-bond donors (Lipinski definition) is 0. The summed E-state index contributed by atoms with van der Waals surface area (Å²) in [6.45, 7) is 7.81. The molecule has 0 atom stereocenters. The lowest BCUT2D eigenvalue weighted by atomic mass is 10.2. The van der Waals surface area contributed by atoms with Gasteiger partial charge >= 0.3 is 8.80 Å². The molecule has 0 radical (unpaired) electrons. The fourth-order valence-corrected chi connectivity index (χ4v) is 6.64. The van der Waals surface area contributed by atoms with Crippen molar-refractivity contribution >= 4 is 54.0 Å². The molecule has 0 amide bonds. The molecule has 0 aliphatic carbocycles. The summed E-state index contributed by atoms with van der Waals surface area (Å²) in [5.74, 6) is 0. The molecule has 0 bridgehead atoms. The molecule has 0 N–H and O–H groups in total. The van der Waals surface area contributed by atoms with Crippen molar-refractivity contribution in [2.45, 2.75) is 26.8 Å². The van der Waals surface area contributed by atoms with Crippen LogP contribution in [0.1, 0.15) is 26.3 Å². The van der Waals surface area contributed by atoms with Gasteiger partial charge in [-0.1, -0.05) is 6.07 Å². The maximum absolute atomic E-state index is 5.89. The molecule has 0 saturated heterocycles. The third kappa shape index (κ3) is 5.58. The van der Waals surface area contributed by atoms with E-state index in [0.717, 1.165) is 6.04 Å². The van der Waals surface area contributed by atoms with Gasteiger partial charge in [0.05, 0.1) is 0 Å². The highest BCUT2D eigenvalue weighted by Gasteiger charge is 2.41. The molecule has 0 heterocycles. The van der Waals surface area contributed by atoms with E-state index in [1.165, 1.54) is 12.7 Å². The summed E-state index contributed by atoms with van der Waals surface area (Å²) in [5.41, 5.74) is 1.24. The van der Waals surface area contributed by atoms with Crippen molar-refractivity contribution in [1.82, 2.24) is 0 Å². The average Bonchev–Trinajstić information content (AvgIpc) is 2.34. The standard InChI is InChI=1S/C13H20I2O3Si/c1-4-16-19(17-5-2,18-6-3)10-11-7-8-12(14)9-13(11)15/h7-9H,4-6,10H2,1-3H3. The molecular weight excluding hydrogens is 486 g/mol. The molecule has 0 fully saturated rings. The number of hydrogen-bond acceptors (Lipinski definition) is 3. The first-order valence-corrected chi connectivity index (χ1v) is 10.5. The van der Waals surface area contributed by atoms with Gasteiger partial charge in [-0.15, -0.1) is 0 Å². The third-order valence-corrected chi connectivity index (χ3v) is 7.19. The molecule has 1 aromatic rings. The highest BCUT2D eigenvalue weighted by molar-refractivity contribution is 14.1. The predicted molar refractivity (Wildman–Crippen MR) is 96.2 cm³/mol. The molecule has 3 nitrogen and oxygen atoms in total. The smallest absolute Gasteiger partial charge is 0.374 e. The van der Waals surface area contributed by atoms with E-state index in [4.69, 9.17) is 13.3 Å². The van der Waals surface area contributed by atoms with Gasteiger partial charge in [-0.2, -0.15) is 0 Å². The zero-order chi connectivity index (χ0) is 14.3. The maximum atomic E-state index is 5.89. The Labute approximate surface area is 144 Å². The molecule has 0 aromatic heterocycles. The fourth-order valence-electron chi connectivity index (χ4n) is 1.84. The van der Waals surface area contributed by atoms with Crippen LogP contribution in [0.3, 0.4) is 0 Å². The van der Waals surface area contributed by atoms with E-state index in [1.807, 2.05) is 20.8 Å². The first-order valence-electron chi connectivity index (χ1n) is 6.42.